The molecular formula is C14H28N2O2. The lowest BCUT2D eigenvalue weighted by atomic mass is 10.2. The standard InChI is InChI=1S/C14H28N2O2/c1-12(2)10-15-6-8-16(9-7-15)13(17)11-18-14(3,4)5/h12H,6-11H2,1-5H3. The number of ether oxygens (including phenoxy) is 1. The van der Waals surface area contributed by atoms with Gasteiger partial charge in [0.2, 0.25) is 5.91 Å². The molecule has 4 heteroatoms. The Morgan fingerprint density at radius 3 is 2.17 bits per heavy atom. The van der Waals surface area contributed by atoms with Crippen molar-refractivity contribution >= 4 is 5.91 Å². The maximum Gasteiger partial charge on any atom is 0.248 e. The van der Waals surface area contributed by atoms with Crippen molar-refractivity contribution in [1.29, 1.82) is 0 Å². The van der Waals surface area contributed by atoms with Crippen molar-refractivity contribution < 1.29 is 9.53 Å². The molecule has 0 unspecified atom stereocenters. The summed E-state index contributed by atoms with van der Waals surface area (Å²) < 4.78 is 5.53. The molecule has 0 spiro atoms. The SMILES string of the molecule is CC(C)CN1CCN(C(=O)COC(C)(C)C)CC1. The average molecular weight is 256 g/mol. The molecule has 0 aromatic carbocycles. The Morgan fingerprint density at radius 1 is 1.17 bits per heavy atom. The molecule has 1 heterocycles. The van der Waals surface area contributed by atoms with Crippen LogP contribution in [0.2, 0.25) is 0 Å². The number of rotatable bonds is 4. The molecule has 0 aromatic rings. The van der Waals surface area contributed by atoms with Crippen molar-refractivity contribution in [3.8, 4) is 0 Å². The van der Waals surface area contributed by atoms with Crippen molar-refractivity contribution in [2.45, 2.75) is 40.2 Å². The molecule has 0 N–H and O–H groups in total. The van der Waals surface area contributed by atoms with Crippen molar-refractivity contribution in [3.05, 3.63) is 0 Å². The second kappa shape index (κ2) is 6.53. The zero-order valence-corrected chi connectivity index (χ0v) is 12.5. The minimum Gasteiger partial charge on any atom is -0.366 e. The predicted molar refractivity (Wildman–Crippen MR) is 73.6 cm³/mol. The number of amides is 1. The summed E-state index contributed by atoms with van der Waals surface area (Å²) in [7, 11) is 0. The minimum absolute atomic E-state index is 0.120. The van der Waals surface area contributed by atoms with E-state index in [1.165, 1.54) is 0 Å². The molecule has 1 rings (SSSR count). The van der Waals surface area contributed by atoms with Crippen LogP contribution in [0.3, 0.4) is 0 Å². The Hall–Kier alpha value is -0.610. The molecule has 0 saturated carbocycles. The van der Waals surface area contributed by atoms with Gasteiger partial charge in [-0.3, -0.25) is 9.69 Å². The summed E-state index contributed by atoms with van der Waals surface area (Å²) in [4.78, 5) is 16.3. The molecule has 0 bridgehead atoms. The first-order valence-corrected chi connectivity index (χ1v) is 6.92. The zero-order valence-electron chi connectivity index (χ0n) is 12.5. The number of nitrogens with zero attached hydrogens (tertiary/aromatic N) is 2. The Labute approximate surface area is 111 Å². The molecule has 18 heavy (non-hydrogen) atoms. The zero-order chi connectivity index (χ0) is 13.8. The third kappa shape index (κ3) is 5.83. The predicted octanol–water partition coefficient (Wildman–Crippen LogP) is 1.60. The van der Waals surface area contributed by atoms with Crippen LogP contribution in [0.25, 0.3) is 0 Å². The van der Waals surface area contributed by atoms with Crippen LogP contribution in [0, 0.1) is 5.92 Å². The molecule has 0 atom stereocenters. The largest absolute Gasteiger partial charge is 0.366 e. The van der Waals surface area contributed by atoms with Gasteiger partial charge in [-0.2, -0.15) is 0 Å². The highest BCUT2D eigenvalue weighted by Crippen LogP contribution is 2.09. The fourth-order valence-corrected chi connectivity index (χ4v) is 2.07. The van der Waals surface area contributed by atoms with Gasteiger partial charge in [-0.25, -0.2) is 0 Å². The maximum absolute atomic E-state index is 12.0. The highest BCUT2D eigenvalue weighted by atomic mass is 16.5. The summed E-state index contributed by atoms with van der Waals surface area (Å²) in [5.74, 6) is 0.811. The fraction of sp³-hybridized carbons (Fsp3) is 0.929. The second-order valence-electron chi connectivity index (χ2n) is 6.48. The highest BCUT2D eigenvalue weighted by molar-refractivity contribution is 5.77. The van der Waals surface area contributed by atoms with Crippen LogP contribution in [0.4, 0.5) is 0 Å². The van der Waals surface area contributed by atoms with Crippen LogP contribution in [0.5, 0.6) is 0 Å². The van der Waals surface area contributed by atoms with Crippen LogP contribution in [-0.2, 0) is 9.53 Å². The van der Waals surface area contributed by atoms with Crippen LogP contribution in [0.15, 0.2) is 0 Å². The Balaban J connectivity index is 2.27. The fourth-order valence-electron chi connectivity index (χ4n) is 2.07. The monoisotopic (exact) mass is 256 g/mol. The Morgan fingerprint density at radius 2 is 1.72 bits per heavy atom. The lowest BCUT2D eigenvalue weighted by Crippen LogP contribution is -2.50. The number of hydrogen-bond acceptors (Lipinski definition) is 3. The van der Waals surface area contributed by atoms with Gasteiger partial charge in [0, 0.05) is 32.7 Å². The van der Waals surface area contributed by atoms with Gasteiger partial charge in [0.1, 0.15) is 6.61 Å². The van der Waals surface area contributed by atoms with Crippen LogP contribution in [0.1, 0.15) is 34.6 Å². The Bertz CT molecular complexity index is 263. The van der Waals surface area contributed by atoms with E-state index in [4.69, 9.17) is 4.74 Å². The molecular weight excluding hydrogens is 228 g/mol. The van der Waals surface area contributed by atoms with Crippen LogP contribution >= 0.6 is 0 Å². The smallest absolute Gasteiger partial charge is 0.248 e. The molecule has 1 aliphatic heterocycles. The van der Waals surface area contributed by atoms with E-state index in [0.717, 1.165) is 32.7 Å². The number of carbonyl (C=O) groups is 1. The first-order valence-electron chi connectivity index (χ1n) is 6.92. The molecule has 0 radical (unpaired) electrons. The van der Waals surface area contributed by atoms with Crippen molar-refractivity contribution in [2.75, 3.05) is 39.3 Å². The van der Waals surface area contributed by atoms with Gasteiger partial charge >= 0.3 is 0 Å². The van der Waals surface area contributed by atoms with Gasteiger partial charge in [-0.1, -0.05) is 13.8 Å². The molecule has 1 amide bonds. The molecule has 0 aliphatic carbocycles. The van der Waals surface area contributed by atoms with E-state index in [1.54, 1.807) is 0 Å². The van der Waals surface area contributed by atoms with Crippen LogP contribution < -0.4 is 0 Å². The first kappa shape index (κ1) is 15.4. The third-order valence-corrected chi connectivity index (χ3v) is 2.98. The van der Waals surface area contributed by atoms with Gasteiger partial charge in [0.05, 0.1) is 5.60 Å². The summed E-state index contributed by atoms with van der Waals surface area (Å²) in [5, 5.41) is 0. The average Bonchev–Trinajstić information content (AvgIpc) is 2.25. The quantitative estimate of drug-likeness (QED) is 0.766. The molecule has 106 valence electrons. The van der Waals surface area contributed by atoms with E-state index in [2.05, 4.69) is 18.7 Å². The van der Waals surface area contributed by atoms with Gasteiger partial charge < -0.3 is 9.64 Å². The number of piperazine rings is 1. The summed E-state index contributed by atoms with van der Waals surface area (Å²) in [6, 6.07) is 0. The summed E-state index contributed by atoms with van der Waals surface area (Å²) in [5.41, 5.74) is -0.241. The molecule has 0 aromatic heterocycles. The van der Waals surface area contributed by atoms with Crippen LogP contribution in [-0.4, -0.2) is 60.6 Å². The minimum atomic E-state index is -0.241. The van der Waals surface area contributed by atoms with E-state index < -0.39 is 0 Å². The Kier molecular flexibility index (Phi) is 5.60. The second-order valence-corrected chi connectivity index (χ2v) is 6.48. The van der Waals surface area contributed by atoms with E-state index >= 15 is 0 Å². The summed E-state index contributed by atoms with van der Waals surface area (Å²) >= 11 is 0. The van der Waals surface area contributed by atoms with E-state index in [9.17, 15) is 4.79 Å². The summed E-state index contributed by atoms with van der Waals surface area (Å²) in [6.07, 6.45) is 0. The molecule has 1 saturated heterocycles. The molecule has 1 fully saturated rings. The number of hydrogen-bond donors (Lipinski definition) is 0. The van der Waals surface area contributed by atoms with E-state index in [1.807, 2.05) is 25.7 Å². The molecule has 4 nitrogen and oxygen atoms in total. The number of carbonyl (C=O) groups excluding carboxylic acids is 1. The van der Waals surface area contributed by atoms with E-state index in [0.29, 0.717) is 5.92 Å². The van der Waals surface area contributed by atoms with Gasteiger partial charge in [0.25, 0.3) is 0 Å². The third-order valence-electron chi connectivity index (χ3n) is 2.98. The maximum atomic E-state index is 12.0. The normalized spacial score (nSPS) is 18.4. The van der Waals surface area contributed by atoms with Gasteiger partial charge in [0.15, 0.2) is 0 Å². The topological polar surface area (TPSA) is 32.8 Å². The van der Waals surface area contributed by atoms with E-state index in [-0.39, 0.29) is 18.1 Å². The summed E-state index contributed by atoms with van der Waals surface area (Å²) in [6.45, 7) is 15.3. The highest BCUT2D eigenvalue weighted by Gasteiger charge is 2.22. The van der Waals surface area contributed by atoms with Crippen molar-refractivity contribution in [3.63, 3.8) is 0 Å². The lowest BCUT2D eigenvalue weighted by molar-refractivity contribution is -0.142. The van der Waals surface area contributed by atoms with Gasteiger partial charge in [-0.15, -0.1) is 0 Å². The van der Waals surface area contributed by atoms with Crippen molar-refractivity contribution in [1.82, 2.24) is 9.80 Å². The van der Waals surface area contributed by atoms with Crippen molar-refractivity contribution in [2.24, 2.45) is 5.92 Å². The van der Waals surface area contributed by atoms with Gasteiger partial charge in [-0.05, 0) is 26.7 Å². The lowest BCUT2D eigenvalue weighted by Gasteiger charge is -2.35. The first-order chi connectivity index (χ1) is 8.28. The molecule has 1 aliphatic rings.